The molecule has 7 rings (SSSR count). The Balaban J connectivity index is 1.18. The molecule has 5 heteroatoms. The van der Waals surface area contributed by atoms with Gasteiger partial charge in [-0.15, -0.1) is 0 Å². The zero-order valence-electron chi connectivity index (χ0n) is 21.9. The zero-order chi connectivity index (χ0) is 25.3. The van der Waals surface area contributed by atoms with Gasteiger partial charge in [0.2, 0.25) is 0 Å². The number of ether oxygens (including phenoxy) is 2. The van der Waals surface area contributed by atoms with Crippen LogP contribution in [-0.2, 0) is 19.9 Å². The highest BCUT2D eigenvalue weighted by atomic mass is 16.6. The Morgan fingerprint density at radius 2 is 1.70 bits per heavy atom. The first-order valence-electron chi connectivity index (χ1n) is 14.3. The highest BCUT2D eigenvalue weighted by Crippen LogP contribution is 2.63. The van der Waals surface area contributed by atoms with Gasteiger partial charge in [-0.3, -0.25) is 9.69 Å². The summed E-state index contributed by atoms with van der Waals surface area (Å²) in [6.07, 6.45) is 7.52. The molecule has 7 atom stereocenters. The van der Waals surface area contributed by atoms with E-state index in [0.29, 0.717) is 12.5 Å². The fourth-order valence-corrected chi connectivity index (χ4v) is 8.87. The number of likely N-dealkylation sites (tertiary alicyclic amines) is 1. The topological polar surface area (TPSA) is 62.3 Å². The van der Waals surface area contributed by atoms with Gasteiger partial charge in [0, 0.05) is 18.5 Å². The van der Waals surface area contributed by atoms with Gasteiger partial charge in [0.25, 0.3) is 0 Å². The van der Waals surface area contributed by atoms with Crippen LogP contribution in [0.4, 0.5) is 0 Å². The third-order valence-electron chi connectivity index (χ3n) is 10.8. The number of rotatable bonds is 5. The van der Waals surface area contributed by atoms with E-state index in [2.05, 4.69) is 11.8 Å². The van der Waals surface area contributed by atoms with Gasteiger partial charge < -0.3 is 14.6 Å². The zero-order valence-corrected chi connectivity index (χ0v) is 21.9. The van der Waals surface area contributed by atoms with Gasteiger partial charge in [0.05, 0.1) is 18.1 Å². The number of hydrogen-bond donors (Lipinski definition) is 1. The molecule has 5 nitrogen and oxygen atoms in total. The molecular formula is C32H39NO4. The Kier molecular flexibility index (Phi) is 5.58. The van der Waals surface area contributed by atoms with Crippen LogP contribution in [0.1, 0.15) is 63.0 Å². The average Bonchev–Trinajstić information content (AvgIpc) is 3.40. The van der Waals surface area contributed by atoms with Crippen molar-refractivity contribution in [2.24, 2.45) is 23.2 Å². The van der Waals surface area contributed by atoms with Crippen LogP contribution in [0.5, 0.6) is 0 Å². The SMILES string of the molecule is C[C@]12CCC[C@]3(CO3)[C@@H]1C[C@@H]1[C@H](CN3CCC[C@@H]3C(O)(c3ccccc3)c3ccccc3)C(=O)O[C@@H]1C2. The second-order valence-electron chi connectivity index (χ2n) is 12.8. The van der Waals surface area contributed by atoms with Gasteiger partial charge in [-0.2, -0.15) is 0 Å². The summed E-state index contributed by atoms with van der Waals surface area (Å²) in [5.41, 5.74) is 0.955. The first-order chi connectivity index (χ1) is 17.9. The molecule has 5 aliphatic rings. The van der Waals surface area contributed by atoms with Gasteiger partial charge in [-0.25, -0.2) is 0 Å². The van der Waals surface area contributed by atoms with Gasteiger partial charge >= 0.3 is 5.97 Å². The van der Waals surface area contributed by atoms with E-state index in [1.807, 2.05) is 60.7 Å². The second kappa shape index (κ2) is 8.65. The van der Waals surface area contributed by atoms with Gasteiger partial charge in [-0.05, 0) is 74.0 Å². The average molecular weight is 502 g/mol. The minimum absolute atomic E-state index is 0.0239. The predicted molar refractivity (Wildman–Crippen MR) is 141 cm³/mol. The van der Waals surface area contributed by atoms with Gasteiger partial charge in [0.1, 0.15) is 11.7 Å². The molecule has 0 radical (unpaired) electrons. The number of benzene rings is 2. The number of nitrogens with zero attached hydrogens (tertiary/aromatic N) is 1. The van der Waals surface area contributed by atoms with Crippen molar-refractivity contribution in [3.8, 4) is 0 Å². The summed E-state index contributed by atoms with van der Waals surface area (Å²) < 4.78 is 12.2. The maximum atomic E-state index is 13.4. The van der Waals surface area contributed by atoms with Gasteiger partial charge in [0.15, 0.2) is 0 Å². The van der Waals surface area contributed by atoms with E-state index in [1.54, 1.807) is 0 Å². The van der Waals surface area contributed by atoms with Crippen LogP contribution in [0, 0.1) is 23.2 Å². The molecule has 1 N–H and O–H groups in total. The number of esters is 1. The van der Waals surface area contributed by atoms with Crippen molar-refractivity contribution in [2.45, 2.75) is 75.2 Å². The second-order valence-corrected chi connectivity index (χ2v) is 12.8. The van der Waals surface area contributed by atoms with Crippen LogP contribution in [0.15, 0.2) is 60.7 Å². The van der Waals surface area contributed by atoms with Crippen LogP contribution >= 0.6 is 0 Å². The minimum atomic E-state index is -1.14. The quantitative estimate of drug-likeness (QED) is 0.466. The Morgan fingerprint density at radius 3 is 2.35 bits per heavy atom. The number of aliphatic hydroxyl groups is 1. The normalized spacial score (nSPS) is 39.3. The Labute approximate surface area is 220 Å². The fraction of sp³-hybridized carbons (Fsp3) is 0.594. The molecule has 3 saturated heterocycles. The first kappa shape index (κ1) is 23.9. The molecule has 37 heavy (non-hydrogen) atoms. The summed E-state index contributed by atoms with van der Waals surface area (Å²) in [4.78, 5) is 15.8. The number of carbonyl (C=O) groups is 1. The molecule has 3 aliphatic heterocycles. The van der Waals surface area contributed by atoms with Crippen molar-refractivity contribution in [2.75, 3.05) is 19.7 Å². The van der Waals surface area contributed by atoms with Crippen LogP contribution in [0.2, 0.25) is 0 Å². The molecule has 196 valence electrons. The predicted octanol–water partition coefficient (Wildman–Crippen LogP) is 4.91. The van der Waals surface area contributed by atoms with E-state index >= 15 is 0 Å². The summed E-state index contributed by atoms with van der Waals surface area (Å²) >= 11 is 0. The molecule has 0 bridgehead atoms. The van der Waals surface area contributed by atoms with Crippen molar-refractivity contribution in [1.82, 2.24) is 4.90 Å². The smallest absolute Gasteiger partial charge is 0.310 e. The van der Waals surface area contributed by atoms with E-state index in [4.69, 9.17) is 9.47 Å². The van der Waals surface area contributed by atoms with Crippen molar-refractivity contribution in [3.63, 3.8) is 0 Å². The van der Waals surface area contributed by atoms with E-state index in [9.17, 15) is 9.90 Å². The molecule has 0 amide bonds. The first-order valence-corrected chi connectivity index (χ1v) is 14.3. The third-order valence-corrected chi connectivity index (χ3v) is 10.8. The summed E-state index contributed by atoms with van der Waals surface area (Å²) in [5.74, 6) is 0.597. The molecule has 2 aromatic rings. The van der Waals surface area contributed by atoms with Crippen LogP contribution in [-0.4, -0.2) is 53.4 Å². The molecule has 2 aliphatic carbocycles. The summed E-state index contributed by atoms with van der Waals surface area (Å²) in [5, 5.41) is 12.5. The van der Waals surface area contributed by atoms with Crippen LogP contribution < -0.4 is 0 Å². The molecule has 1 spiro atoms. The minimum Gasteiger partial charge on any atom is -0.462 e. The molecule has 5 fully saturated rings. The van der Waals surface area contributed by atoms with Crippen molar-refractivity contribution in [3.05, 3.63) is 71.8 Å². The lowest BCUT2D eigenvalue weighted by Gasteiger charge is -2.51. The van der Waals surface area contributed by atoms with Crippen LogP contribution in [0.3, 0.4) is 0 Å². The standard InChI is InChI=1S/C32H39NO4/c1-30-15-9-16-31(21-36-31)27(30)18-24-25(29(34)37-26(24)19-30)20-33-17-8-14-28(33)32(35,22-10-4-2-5-11-22)23-12-6-3-7-13-23/h2-7,10-13,24-28,35H,8-9,14-21H2,1H3/t24-,25+,26-,27-,28-,30-,31+/m1/s1. The summed E-state index contributed by atoms with van der Waals surface area (Å²) in [6.45, 7) is 4.85. The maximum absolute atomic E-state index is 13.4. The lowest BCUT2D eigenvalue weighted by molar-refractivity contribution is -0.147. The van der Waals surface area contributed by atoms with Crippen molar-refractivity contribution in [1.29, 1.82) is 0 Å². The van der Waals surface area contributed by atoms with E-state index in [-0.39, 0.29) is 41.0 Å². The molecular weight excluding hydrogens is 462 g/mol. The Bertz CT molecular complexity index is 1110. The summed E-state index contributed by atoms with van der Waals surface area (Å²) in [7, 11) is 0. The molecule has 0 unspecified atom stereocenters. The molecule has 2 aromatic carbocycles. The highest BCUT2D eigenvalue weighted by Gasteiger charge is 2.65. The van der Waals surface area contributed by atoms with E-state index in [1.165, 1.54) is 19.3 Å². The van der Waals surface area contributed by atoms with Crippen LogP contribution in [0.25, 0.3) is 0 Å². The number of fused-ring (bicyclic) bond motifs is 3. The van der Waals surface area contributed by atoms with Crippen molar-refractivity contribution < 1.29 is 19.4 Å². The van der Waals surface area contributed by atoms with Gasteiger partial charge in [-0.1, -0.05) is 67.6 Å². The highest BCUT2D eigenvalue weighted by molar-refractivity contribution is 5.75. The molecule has 0 aromatic heterocycles. The Hall–Kier alpha value is -2.21. The molecule has 3 heterocycles. The third kappa shape index (κ3) is 3.72. The largest absolute Gasteiger partial charge is 0.462 e. The summed E-state index contributed by atoms with van der Waals surface area (Å²) in [6, 6.07) is 20.0. The number of epoxide rings is 1. The van der Waals surface area contributed by atoms with E-state index < -0.39 is 5.60 Å². The lowest BCUT2D eigenvalue weighted by Crippen LogP contribution is -2.53. The fourth-order valence-electron chi connectivity index (χ4n) is 8.87. The Morgan fingerprint density at radius 1 is 1.03 bits per heavy atom. The lowest BCUT2D eigenvalue weighted by atomic mass is 9.53. The number of carbonyl (C=O) groups excluding carboxylic acids is 1. The van der Waals surface area contributed by atoms with E-state index in [0.717, 1.165) is 50.0 Å². The van der Waals surface area contributed by atoms with Crippen molar-refractivity contribution >= 4 is 5.97 Å². The monoisotopic (exact) mass is 501 g/mol. The number of hydrogen-bond acceptors (Lipinski definition) is 5. The molecule has 2 saturated carbocycles. The maximum Gasteiger partial charge on any atom is 0.310 e.